The summed E-state index contributed by atoms with van der Waals surface area (Å²) in [4.78, 5) is 18.0. The van der Waals surface area contributed by atoms with E-state index >= 15 is 0 Å². The predicted octanol–water partition coefficient (Wildman–Crippen LogP) is 5.02. The maximum absolute atomic E-state index is 13.2. The smallest absolute Gasteiger partial charge is 0.266 e. The fourth-order valence-corrected chi connectivity index (χ4v) is 5.14. The first-order valence-corrected chi connectivity index (χ1v) is 10.3. The fourth-order valence-electron chi connectivity index (χ4n) is 2.45. The summed E-state index contributed by atoms with van der Waals surface area (Å²) in [5.74, 6) is 0.866. The Balaban J connectivity index is 2.45. The average Bonchev–Trinajstić information content (AvgIpc) is 2.50. The molecule has 0 N–H and O–H groups in total. The number of hydrogen-bond acceptors (Lipinski definition) is 3. The monoisotopic (exact) mass is 548 g/mol. The molecule has 23 heavy (non-hydrogen) atoms. The van der Waals surface area contributed by atoms with Gasteiger partial charge in [-0.25, -0.2) is 4.98 Å². The van der Waals surface area contributed by atoms with E-state index in [0.29, 0.717) is 5.39 Å². The van der Waals surface area contributed by atoms with Gasteiger partial charge in [0.2, 0.25) is 0 Å². The maximum Gasteiger partial charge on any atom is 0.266 e. The van der Waals surface area contributed by atoms with E-state index in [1.165, 1.54) is 0 Å². The molecular weight excluding hydrogens is 534 g/mol. The van der Waals surface area contributed by atoms with Crippen LogP contribution in [0.4, 0.5) is 0 Å². The molecule has 0 aliphatic carbocycles. The number of rotatable bonds is 3. The summed E-state index contributed by atoms with van der Waals surface area (Å²) in [6.07, 6.45) is 0. The van der Waals surface area contributed by atoms with Gasteiger partial charge in [0.05, 0.1) is 16.6 Å². The van der Waals surface area contributed by atoms with E-state index in [4.69, 9.17) is 4.98 Å². The molecule has 0 amide bonds. The molecule has 118 valence electrons. The van der Waals surface area contributed by atoms with Crippen LogP contribution >= 0.6 is 56.9 Å². The molecule has 0 bridgehead atoms. The molecule has 3 nitrogen and oxygen atoms in total. The van der Waals surface area contributed by atoms with Crippen LogP contribution in [0.5, 0.6) is 0 Å². The first kappa shape index (κ1) is 17.2. The Morgan fingerprint density at radius 1 is 1.22 bits per heavy atom. The number of benzene rings is 2. The molecule has 0 aliphatic heterocycles. The van der Waals surface area contributed by atoms with E-state index < -0.39 is 0 Å². The molecule has 0 fully saturated rings. The highest BCUT2D eigenvalue weighted by molar-refractivity contribution is 14.1. The van der Waals surface area contributed by atoms with Crippen LogP contribution in [0.25, 0.3) is 16.6 Å². The van der Waals surface area contributed by atoms with E-state index in [0.717, 1.165) is 34.8 Å². The SMILES string of the molecule is CCSc1nc2c(I)cc(I)cc2c(=O)n1-c1ccccc1C. The second-order valence-electron chi connectivity index (χ2n) is 5.04. The zero-order chi connectivity index (χ0) is 16.6. The Bertz CT molecular complexity index is 953. The van der Waals surface area contributed by atoms with E-state index in [9.17, 15) is 4.79 Å². The summed E-state index contributed by atoms with van der Waals surface area (Å²) in [6.45, 7) is 4.09. The molecule has 0 atom stereocenters. The van der Waals surface area contributed by atoms with E-state index in [1.807, 2.05) is 43.3 Å². The highest BCUT2D eigenvalue weighted by Crippen LogP contribution is 2.26. The highest BCUT2D eigenvalue weighted by Gasteiger charge is 2.16. The Hall–Kier alpha value is -0.610. The van der Waals surface area contributed by atoms with Gasteiger partial charge < -0.3 is 0 Å². The number of thioether (sulfide) groups is 1. The molecule has 1 heterocycles. The van der Waals surface area contributed by atoms with Gasteiger partial charge in [-0.1, -0.05) is 36.9 Å². The number of fused-ring (bicyclic) bond motifs is 1. The van der Waals surface area contributed by atoms with Crippen LogP contribution in [0.2, 0.25) is 0 Å². The van der Waals surface area contributed by atoms with Crippen molar-refractivity contribution in [1.29, 1.82) is 0 Å². The molecule has 0 unspecified atom stereocenters. The lowest BCUT2D eigenvalue weighted by Crippen LogP contribution is -2.23. The molecular formula is C17H14I2N2OS. The van der Waals surface area contributed by atoms with Gasteiger partial charge in [-0.05, 0) is 81.6 Å². The van der Waals surface area contributed by atoms with E-state index in [1.54, 1.807) is 16.3 Å². The van der Waals surface area contributed by atoms with Gasteiger partial charge in [0.25, 0.3) is 5.56 Å². The summed E-state index contributed by atoms with van der Waals surface area (Å²) in [7, 11) is 0. The van der Waals surface area contributed by atoms with Gasteiger partial charge in [-0.3, -0.25) is 9.36 Å². The molecule has 0 saturated heterocycles. The van der Waals surface area contributed by atoms with Gasteiger partial charge in [0.1, 0.15) is 0 Å². The Morgan fingerprint density at radius 3 is 2.65 bits per heavy atom. The van der Waals surface area contributed by atoms with Crippen molar-refractivity contribution >= 4 is 67.8 Å². The predicted molar refractivity (Wildman–Crippen MR) is 114 cm³/mol. The summed E-state index contributed by atoms with van der Waals surface area (Å²) in [6, 6.07) is 11.9. The quantitative estimate of drug-likeness (QED) is 0.262. The van der Waals surface area contributed by atoms with Crippen molar-refractivity contribution in [2.45, 2.75) is 19.0 Å². The Morgan fingerprint density at radius 2 is 1.96 bits per heavy atom. The number of hydrogen-bond donors (Lipinski definition) is 0. The van der Waals surface area contributed by atoms with Crippen molar-refractivity contribution in [2.75, 3.05) is 5.75 Å². The van der Waals surface area contributed by atoms with Crippen molar-refractivity contribution < 1.29 is 0 Å². The minimum atomic E-state index is -0.00307. The molecule has 3 rings (SSSR count). The second kappa shape index (κ2) is 7.10. The number of aryl methyl sites for hydroxylation is 1. The van der Waals surface area contributed by atoms with Gasteiger partial charge in [0, 0.05) is 7.14 Å². The molecule has 2 aromatic carbocycles. The van der Waals surface area contributed by atoms with Gasteiger partial charge in [0.15, 0.2) is 5.16 Å². The van der Waals surface area contributed by atoms with Gasteiger partial charge in [-0.15, -0.1) is 0 Å². The van der Waals surface area contributed by atoms with Crippen LogP contribution in [-0.4, -0.2) is 15.3 Å². The molecule has 3 aromatic rings. The minimum absolute atomic E-state index is 0.00307. The van der Waals surface area contributed by atoms with Crippen LogP contribution in [0.1, 0.15) is 12.5 Å². The second-order valence-corrected chi connectivity index (χ2v) is 8.68. The zero-order valence-electron chi connectivity index (χ0n) is 12.6. The van der Waals surface area contributed by atoms with E-state index in [2.05, 4.69) is 52.1 Å². The third-order valence-electron chi connectivity index (χ3n) is 3.49. The summed E-state index contributed by atoms with van der Waals surface area (Å²) in [5, 5.41) is 1.42. The maximum atomic E-state index is 13.2. The number of nitrogens with zero attached hydrogens (tertiary/aromatic N) is 2. The average molecular weight is 548 g/mol. The third-order valence-corrected chi connectivity index (χ3v) is 5.76. The minimum Gasteiger partial charge on any atom is -0.268 e. The normalized spacial score (nSPS) is 11.1. The van der Waals surface area contributed by atoms with Crippen molar-refractivity contribution in [1.82, 2.24) is 9.55 Å². The van der Waals surface area contributed by atoms with Crippen LogP contribution in [0.3, 0.4) is 0 Å². The first-order valence-electron chi connectivity index (χ1n) is 7.13. The van der Waals surface area contributed by atoms with Gasteiger partial charge >= 0.3 is 0 Å². The van der Waals surface area contributed by atoms with Crippen molar-refractivity contribution in [3.63, 3.8) is 0 Å². The topological polar surface area (TPSA) is 34.9 Å². The van der Waals surface area contributed by atoms with Crippen molar-refractivity contribution in [3.8, 4) is 5.69 Å². The lowest BCUT2D eigenvalue weighted by molar-refractivity contribution is 0.814. The van der Waals surface area contributed by atoms with Crippen molar-refractivity contribution in [3.05, 3.63) is 59.5 Å². The van der Waals surface area contributed by atoms with E-state index in [-0.39, 0.29) is 5.56 Å². The van der Waals surface area contributed by atoms with Crippen molar-refractivity contribution in [2.24, 2.45) is 0 Å². The first-order chi connectivity index (χ1) is 11.0. The molecule has 0 aliphatic rings. The van der Waals surface area contributed by atoms with Crippen LogP contribution in [0, 0.1) is 14.1 Å². The number of para-hydroxylation sites is 1. The molecule has 1 aromatic heterocycles. The Labute approximate surface area is 166 Å². The number of aromatic nitrogens is 2. The standard InChI is InChI=1S/C17H14I2N2OS/c1-3-23-17-20-15-12(8-11(18)9-13(15)19)16(22)21(17)14-7-5-4-6-10(14)2/h4-9H,3H2,1-2H3. The van der Waals surface area contributed by atoms with Crippen LogP contribution in [0.15, 0.2) is 46.3 Å². The van der Waals surface area contributed by atoms with Gasteiger partial charge in [-0.2, -0.15) is 0 Å². The molecule has 0 radical (unpaired) electrons. The third kappa shape index (κ3) is 3.30. The summed E-state index contributed by atoms with van der Waals surface area (Å²) < 4.78 is 3.81. The fraction of sp³-hybridized carbons (Fsp3) is 0.176. The largest absolute Gasteiger partial charge is 0.268 e. The highest BCUT2D eigenvalue weighted by atomic mass is 127. The lowest BCUT2D eigenvalue weighted by atomic mass is 10.2. The number of halogens is 2. The Kier molecular flexibility index (Phi) is 5.32. The molecule has 6 heteroatoms. The molecule has 0 spiro atoms. The van der Waals surface area contributed by atoms with Crippen LogP contribution in [-0.2, 0) is 0 Å². The summed E-state index contributed by atoms with van der Waals surface area (Å²) >= 11 is 6.09. The zero-order valence-corrected chi connectivity index (χ0v) is 17.8. The lowest BCUT2D eigenvalue weighted by Gasteiger charge is -2.15. The summed E-state index contributed by atoms with van der Waals surface area (Å²) in [5.41, 5.74) is 2.75. The van der Waals surface area contributed by atoms with Crippen LogP contribution < -0.4 is 5.56 Å². The molecule has 0 saturated carbocycles.